The van der Waals surface area contributed by atoms with Gasteiger partial charge in [0.2, 0.25) is 53.2 Å². The molecule has 1 saturated carbocycles. The fourth-order valence-corrected chi connectivity index (χ4v) is 13.8. The maximum Gasteiger partial charge on any atom is 0.407 e. The Morgan fingerprint density at radius 1 is 0.661 bits per heavy atom. The first-order chi connectivity index (χ1) is 60.9. The molecule has 12 atom stereocenters. The van der Waals surface area contributed by atoms with Gasteiger partial charge in [0.05, 0.1) is 110 Å². The third-order valence-corrected chi connectivity index (χ3v) is 21.1. The zero-order valence-electron chi connectivity index (χ0n) is 71.6. The van der Waals surface area contributed by atoms with Crippen LogP contribution in [0.5, 0.6) is 5.75 Å². The summed E-state index contributed by atoms with van der Waals surface area (Å²) in [5.41, 5.74) is 0.0404. The van der Waals surface area contributed by atoms with Crippen molar-refractivity contribution in [2.24, 2.45) is 23.2 Å². The first kappa shape index (κ1) is 99.9. The van der Waals surface area contributed by atoms with Gasteiger partial charge in [0, 0.05) is 70.0 Å². The molecule has 0 saturated heterocycles. The average molecular weight is 1780 g/mol. The van der Waals surface area contributed by atoms with Crippen molar-refractivity contribution in [2.45, 2.75) is 186 Å². The van der Waals surface area contributed by atoms with Crippen LogP contribution in [-0.4, -0.2) is 282 Å². The van der Waals surface area contributed by atoms with Crippen molar-refractivity contribution in [3.63, 3.8) is 0 Å². The second kappa shape index (κ2) is 50.6. The van der Waals surface area contributed by atoms with E-state index < -0.39 is 169 Å². The summed E-state index contributed by atoms with van der Waals surface area (Å²) in [4.78, 5) is 169. The monoisotopic (exact) mass is 1780 g/mol. The number of tetrazole rings is 1. The summed E-state index contributed by atoms with van der Waals surface area (Å²) in [6.07, 6.45) is 4.57. The Labute approximate surface area is 731 Å². The number of carboxylic acid groups (broad SMARTS) is 2. The van der Waals surface area contributed by atoms with Crippen molar-refractivity contribution in [3.05, 3.63) is 125 Å². The number of hydrogen-bond acceptors (Lipinski definition) is 27. The third kappa shape index (κ3) is 32.5. The molecule has 1 unspecified atom stereocenters. The summed E-state index contributed by atoms with van der Waals surface area (Å²) in [5, 5.41) is 97.6. The maximum absolute atomic E-state index is 15.5. The highest BCUT2D eigenvalue weighted by atomic mass is 19.1. The van der Waals surface area contributed by atoms with Crippen molar-refractivity contribution >= 4 is 71.2 Å². The summed E-state index contributed by atoms with van der Waals surface area (Å²) in [5.74, 6) is -5.93. The van der Waals surface area contributed by atoms with E-state index in [4.69, 9.17) is 28.4 Å². The number of nitrogens with one attached hydrogen (secondary N) is 12. The number of unbranched alkanes of at least 4 members (excludes halogenated alkanes) is 1. The van der Waals surface area contributed by atoms with Crippen LogP contribution in [0.25, 0.3) is 11.1 Å². The lowest BCUT2D eigenvalue weighted by molar-refractivity contribution is -0.144. The van der Waals surface area contributed by atoms with Gasteiger partial charge in [0.1, 0.15) is 64.5 Å². The van der Waals surface area contributed by atoms with E-state index in [9.17, 15) is 83.1 Å². The van der Waals surface area contributed by atoms with Crippen molar-refractivity contribution < 1.29 is 116 Å². The van der Waals surface area contributed by atoms with Gasteiger partial charge < -0.3 is 112 Å². The molecule has 42 nitrogen and oxygen atoms in total. The Hall–Kier alpha value is -12.5. The zero-order valence-corrected chi connectivity index (χ0v) is 71.6. The Balaban J connectivity index is 0.754. The number of rotatable bonds is 56. The second-order valence-electron chi connectivity index (χ2n) is 31.3. The SMILES string of the molecule is CCc1cc(OCCCCn2cc(COCCOCCOCCOCCNC(=O)OCC3[C@H]4CCC#CCC[C@@H]34)nn2)ccc1-c1ccc(C[C@H](NC(=O)[C@H](CC(=O)O)NC(=O)[C@H](CO)NC(=O)[C@@H](NC(=O)[C@](C)(Cc2ccccc2F)NC(=O)[C@@H](NC(=O)CNC(=O)[C@H](Cc2nn[nH]n2)NC(=O)C(C)(C)C(=O)NCCc2cnc[nH]2)[C@@H](C)O)[C@@H](C)O)C(=O)O)cc1. The molecule has 1 fully saturated rings. The van der Waals surface area contributed by atoms with E-state index in [2.05, 4.69) is 106 Å². The van der Waals surface area contributed by atoms with Crippen molar-refractivity contribution in [3.8, 4) is 28.7 Å². The molecule has 2 aliphatic rings. The molecule has 43 heteroatoms. The number of carbonyl (C=O) groups is 12. The molecule has 0 aliphatic heterocycles. The van der Waals surface area contributed by atoms with Gasteiger partial charge in [-0.2, -0.15) is 5.21 Å². The summed E-state index contributed by atoms with van der Waals surface area (Å²) >= 11 is 0. The molecule has 6 aromatic rings. The molecule has 3 aromatic carbocycles. The fourth-order valence-electron chi connectivity index (χ4n) is 13.8. The van der Waals surface area contributed by atoms with Crippen LogP contribution in [0.15, 0.2) is 85.5 Å². The number of carbonyl (C=O) groups excluding carboxylic acids is 10. The number of aliphatic hydroxyl groups excluding tert-OH is 3. The highest BCUT2D eigenvalue weighted by Crippen LogP contribution is 2.52. The van der Waals surface area contributed by atoms with Crippen molar-refractivity contribution in [1.29, 1.82) is 0 Å². The molecule has 0 spiro atoms. The summed E-state index contributed by atoms with van der Waals surface area (Å²) in [6, 6.07) is 6.00. The minimum atomic E-state index is -2.39. The second-order valence-corrected chi connectivity index (χ2v) is 31.3. The standard InChI is InChI=1S/C84H114FN19O23/c1-7-53-39-58(126-30-15-14-29-104-45-57(98-103-104)47-125-37-36-124-35-34-123-33-32-122-31-28-88-82(121)127-48-62-60-17-10-8-9-11-18-61(60)62)24-25-59(53)54-22-20-52(21-23-54)38-66(78(116)117)92-74(112)65(41-70(109)110)91-75(113)67(46-105)93-76(114)71(50(2)106)96-81(120)84(6,42-55-16-12-13-19-63(55)85)97-77(115)72(51(3)107)95-69(108)44-89-73(111)64(40-68-99-101-102-100-68)94-80(119)83(4,5)79(118)87-27-26-56-43-86-49-90-56/h12-13,16,19-25,39,43,45,49-51,60-62,64-67,71-72,105-107H,7,10-11,14-15,17-18,26-38,40-42,44,46-48H2,1-6H3,(H,86,90)(H,87,118)(H,88,121)(H,89,111)(H,91,113)(H,92,112)(H,93,114)(H,94,119)(H,95,108)(H,96,120)(H,97,115)(H,109,110)(H,116,117)(H,99,100,101,102)/t50-,51-,60-,61+,62?,64+,65+,66+,67+,71+,72+,84+/m1/s1. The van der Waals surface area contributed by atoms with Crippen LogP contribution in [0.4, 0.5) is 9.18 Å². The zero-order chi connectivity index (χ0) is 92.0. The molecule has 0 bridgehead atoms. The highest BCUT2D eigenvalue weighted by Gasteiger charge is 2.50. The average Bonchev–Trinajstić information content (AvgIpc) is 1.63. The number of H-pyrrole nitrogens is 2. The Bertz CT molecular complexity index is 4660. The summed E-state index contributed by atoms with van der Waals surface area (Å²) in [6.45, 7) is 10.3. The molecular weight excluding hydrogens is 1660 g/mol. The van der Waals surface area contributed by atoms with Gasteiger partial charge in [-0.25, -0.2) is 19.0 Å². The van der Waals surface area contributed by atoms with Gasteiger partial charge in [-0.05, 0) is 130 Å². The van der Waals surface area contributed by atoms with Gasteiger partial charge in [-0.1, -0.05) is 65.9 Å². The van der Waals surface area contributed by atoms with Gasteiger partial charge in [-0.3, -0.25) is 52.6 Å². The lowest BCUT2D eigenvalue weighted by Gasteiger charge is -2.34. The minimum absolute atomic E-state index is 0.0662. The van der Waals surface area contributed by atoms with Crippen molar-refractivity contribution in [2.75, 3.05) is 85.7 Å². The van der Waals surface area contributed by atoms with Crippen molar-refractivity contribution in [1.82, 2.24) is 98.8 Å². The van der Waals surface area contributed by atoms with Gasteiger partial charge in [0.15, 0.2) is 5.82 Å². The third-order valence-electron chi connectivity index (χ3n) is 21.1. The van der Waals surface area contributed by atoms with Crippen LogP contribution in [0, 0.1) is 40.8 Å². The van der Waals surface area contributed by atoms with Crippen LogP contribution in [0.1, 0.15) is 120 Å². The topological polar surface area (TPSA) is 596 Å². The van der Waals surface area contributed by atoms with Crippen LogP contribution in [0.3, 0.4) is 0 Å². The molecule has 690 valence electrons. The number of aromatic amines is 2. The molecule has 0 radical (unpaired) electrons. The number of alkyl carbamates (subject to hydrolysis) is 1. The number of aryl methyl sites for hydroxylation is 2. The van der Waals surface area contributed by atoms with E-state index in [1.807, 2.05) is 31.3 Å². The highest BCUT2D eigenvalue weighted by molar-refractivity contribution is 6.06. The van der Waals surface area contributed by atoms with Gasteiger partial charge in [-0.15, -0.1) is 27.1 Å². The summed E-state index contributed by atoms with van der Waals surface area (Å²) < 4.78 is 51.1. The van der Waals surface area contributed by atoms with Crippen LogP contribution < -0.4 is 57.9 Å². The Morgan fingerprint density at radius 2 is 1.32 bits per heavy atom. The number of imidazole rings is 1. The quantitative estimate of drug-likeness (QED) is 0.0125. The molecular formula is C84H114FN19O23. The van der Waals surface area contributed by atoms with Crippen LogP contribution in [0.2, 0.25) is 0 Å². The number of carboxylic acids is 2. The van der Waals surface area contributed by atoms with E-state index in [1.165, 1.54) is 38.4 Å². The van der Waals surface area contributed by atoms with E-state index in [0.717, 1.165) is 75.6 Å². The van der Waals surface area contributed by atoms with Gasteiger partial charge in [0.25, 0.3) is 0 Å². The molecule has 127 heavy (non-hydrogen) atoms. The lowest BCUT2D eigenvalue weighted by atomic mass is 9.90. The van der Waals surface area contributed by atoms with E-state index in [1.54, 1.807) is 35.1 Å². The predicted octanol–water partition coefficient (Wildman–Crippen LogP) is -0.900. The van der Waals surface area contributed by atoms with Crippen LogP contribution >= 0.6 is 0 Å². The number of halogens is 1. The Kier molecular flexibility index (Phi) is 39.8. The molecule has 3 heterocycles. The Morgan fingerprint density at radius 3 is 1.96 bits per heavy atom. The minimum Gasteiger partial charge on any atom is -0.494 e. The predicted molar refractivity (Wildman–Crippen MR) is 446 cm³/mol. The fraction of sp³-hybridized carbons (Fsp3) is 0.548. The van der Waals surface area contributed by atoms with E-state index in [0.29, 0.717) is 132 Å². The molecule has 10 amide bonds. The van der Waals surface area contributed by atoms with Crippen LogP contribution in [-0.2, 0) is 122 Å². The number of hydrogen-bond donors (Lipinski definition) is 17. The normalized spacial score (nSPS) is 16.4. The maximum atomic E-state index is 15.5. The number of fused-ring (bicyclic) bond motifs is 1. The molecule has 8 rings (SSSR count). The molecule has 17 N–H and O–H groups in total. The number of amides is 10. The number of nitrogens with zero attached hydrogens (tertiary/aromatic N) is 7. The lowest BCUT2D eigenvalue weighted by Crippen LogP contribution is -2.67. The molecule has 2 aliphatic carbocycles. The first-order valence-electron chi connectivity index (χ1n) is 41.8. The number of aliphatic carboxylic acids is 2. The number of ether oxygens (including phenoxy) is 6. The van der Waals surface area contributed by atoms with E-state index in [-0.39, 0.29) is 31.0 Å². The van der Waals surface area contributed by atoms with Gasteiger partial charge >= 0.3 is 18.0 Å². The first-order valence-corrected chi connectivity index (χ1v) is 41.8. The number of aromatic nitrogens is 9. The molecule has 3 aromatic heterocycles. The van der Waals surface area contributed by atoms with E-state index >= 15 is 4.39 Å². The number of aliphatic hydroxyl groups is 3. The number of benzene rings is 3. The smallest absolute Gasteiger partial charge is 0.407 e. The largest absolute Gasteiger partial charge is 0.494 e. The summed E-state index contributed by atoms with van der Waals surface area (Å²) in [7, 11) is 0.